The lowest BCUT2D eigenvalue weighted by Crippen LogP contribution is -2.37. The molecule has 0 aliphatic rings. The number of carbonyl (C=O) groups is 1. The standard InChI is InChI=1S/C12H15NO4/c1-8(2)12(3,11(14)15)9-5-4-6-10(7-9)13(16)17/h4-8H,1-3H3,(H,14,15). The zero-order valence-electron chi connectivity index (χ0n) is 10.0. The highest BCUT2D eigenvalue weighted by atomic mass is 16.6. The average Bonchev–Trinajstić information content (AvgIpc) is 2.27. The van der Waals surface area contributed by atoms with Gasteiger partial charge in [-0.1, -0.05) is 26.0 Å². The minimum absolute atomic E-state index is 0.0874. The van der Waals surface area contributed by atoms with Crippen LogP contribution in [0, 0.1) is 16.0 Å². The first-order chi connectivity index (χ1) is 7.80. The number of hydrogen-bond donors (Lipinski definition) is 1. The molecule has 0 aliphatic carbocycles. The van der Waals surface area contributed by atoms with Crippen LogP contribution in [0.2, 0.25) is 0 Å². The lowest BCUT2D eigenvalue weighted by Gasteiger charge is -2.29. The molecule has 92 valence electrons. The van der Waals surface area contributed by atoms with Gasteiger partial charge in [-0.3, -0.25) is 14.9 Å². The van der Waals surface area contributed by atoms with Crippen molar-refractivity contribution in [2.75, 3.05) is 0 Å². The van der Waals surface area contributed by atoms with Gasteiger partial charge in [0.1, 0.15) is 0 Å². The van der Waals surface area contributed by atoms with E-state index in [-0.39, 0.29) is 11.6 Å². The Balaban J connectivity index is 3.35. The number of nitrogens with zero attached hydrogens (tertiary/aromatic N) is 1. The molecule has 0 aliphatic heterocycles. The minimum Gasteiger partial charge on any atom is -0.481 e. The van der Waals surface area contributed by atoms with E-state index in [9.17, 15) is 20.0 Å². The SMILES string of the molecule is CC(C)C(C)(C(=O)O)c1cccc([N+](=O)[O-])c1. The van der Waals surface area contributed by atoms with Crippen molar-refractivity contribution in [2.24, 2.45) is 5.92 Å². The highest BCUT2D eigenvalue weighted by Gasteiger charge is 2.39. The van der Waals surface area contributed by atoms with Crippen LogP contribution in [0.5, 0.6) is 0 Å². The lowest BCUT2D eigenvalue weighted by molar-refractivity contribution is -0.385. The van der Waals surface area contributed by atoms with E-state index in [1.165, 1.54) is 18.2 Å². The van der Waals surface area contributed by atoms with Crippen LogP contribution < -0.4 is 0 Å². The summed E-state index contributed by atoms with van der Waals surface area (Å²) < 4.78 is 0. The zero-order valence-corrected chi connectivity index (χ0v) is 10.0. The summed E-state index contributed by atoms with van der Waals surface area (Å²) in [5, 5.41) is 20.0. The molecule has 1 N–H and O–H groups in total. The fraction of sp³-hybridized carbons (Fsp3) is 0.417. The van der Waals surface area contributed by atoms with Gasteiger partial charge in [-0.2, -0.15) is 0 Å². The molecular formula is C12H15NO4. The number of nitro groups is 1. The number of hydrogen-bond acceptors (Lipinski definition) is 3. The van der Waals surface area contributed by atoms with Crippen LogP contribution in [0.1, 0.15) is 26.3 Å². The second-order valence-corrected chi connectivity index (χ2v) is 4.47. The van der Waals surface area contributed by atoms with Crippen LogP contribution in [0.25, 0.3) is 0 Å². The molecule has 1 unspecified atom stereocenters. The smallest absolute Gasteiger partial charge is 0.314 e. The van der Waals surface area contributed by atoms with Gasteiger partial charge in [-0.15, -0.1) is 0 Å². The number of non-ortho nitro benzene ring substituents is 1. The second-order valence-electron chi connectivity index (χ2n) is 4.47. The van der Waals surface area contributed by atoms with Crippen molar-refractivity contribution in [1.82, 2.24) is 0 Å². The average molecular weight is 237 g/mol. The summed E-state index contributed by atoms with van der Waals surface area (Å²) in [6, 6.07) is 5.80. The Morgan fingerprint density at radius 1 is 1.47 bits per heavy atom. The largest absolute Gasteiger partial charge is 0.481 e. The molecule has 0 saturated heterocycles. The van der Waals surface area contributed by atoms with Crippen molar-refractivity contribution in [3.8, 4) is 0 Å². The molecule has 0 bridgehead atoms. The van der Waals surface area contributed by atoms with E-state index >= 15 is 0 Å². The molecule has 5 nitrogen and oxygen atoms in total. The second kappa shape index (κ2) is 4.53. The quantitative estimate of drug-likeness (QED) is 0.644. The van der Waals surface area contributed by atoms with Crippen molar-refractivity contribution in [1.29, 1.82) is 0 Å². The molecular weight excluding hydrogens is 222 g/mol. The molecule has 1 aromatic rings. The van der Waals surface area contributed by atoms with Crippen LogP contribution in [-0.4, -0.2) is 16.0 Å². The van der Waals surface area contributed by atoms with Crippen molar-refractivity contribution in [3.05, 3.63) is 39.9 Å². The number of nitro benzene ring substituents is 1. The molecule has 1 atom stereocenters. The third-order valence-corrected chi connectivity index (χ3v) is 3.26. The van der Waals surface area contributed by atoms with Crippen LogP contribution in [0.4, 0.5) is 5.69 Å². The third-order valence-electron chi connectivity index (χ3n) is 3.26. The molecule has 5 heteroatoms. The molecule has 0 heterocycles. The van der Waals surface area contributed by atoms with Crippen LogP contribution in [0.3, 0.4) is 0 Å². The summed E-state index contributed by atoms with van der Waals surface area (Å²) in [7, 11) is 0. The number of benzene rings is 1. The predicted molar refractivity (Wildman–Crippen MR) is 62.9 cm³/mol. The summed E-state index contributed by atoms with van der Waals surface area (Å²) >= 11 is 0. The predicted octanol–water partition coefficient (Wildman–Crippen LogP) is 2.59. The van der Waals surface area contributed by atoms with Crippen LogP contribution >= 0.6 is 0 Å². The van der Waals surface area contributed by atoms with E-state index in [1.54, 1.807) is 26.8 Å². The molecule has 1 rings (SSSR count). The van der Waals surface area contributed by atoms with E-state index in [4.69, 9.17) is 0 Å². The van der Waals surface area contributed by atoms with Gasteiger partial charge in [0.15, 0.2) is 0 Å². The van der Waals surface area contributed by atoms with E-state index in [0.717, 1.165) is 0 Å². The van der Waals surface area contributed by atoms with Gasteiger partial charge >= 0.3 is 5.97 Å². The van der Waals surface area contributed by atoms with Crippen LogP contribution in [-0.2, 0) is 10.2 Å². The molecule has 0 aromatic heterocycles. The Morgan fingerprint density at radius 3 is 2.47 bits per heavy atom. The molecule has 0 amide bonds. The Labute approximate surface area is 99.2 Å². The number of rotatable bonds is 4. The fourth-order valence-corrected chi connectivity index (χ4v) is 1.65. The molecule has 0 radical (unpaired) electrons. The fourth-order valence-electron chi connectivity index (χ4n) is 1.65. The Bertz CT molecular complexity index is 456. The number of carboxylic acids is 1. The summed E-state index contributed by atoms with van der Waals surface area (Å²) in [4.78, 5) is 21.5. The number of aliphatic carboxylic acids is 1. The van der Waals surface area contributed by atoms with Crippen LogP contribution in [0.15, 0.2) is 24.3 Å². The maximum Gasteiger partial charge on any atom is 0.314 e. The topological polar surface area (TPSA) is 80.4 Å². The highest BCUT2D eigenvalue weighted by Crippen LogP contribution is 2.33. The van der Waals surface area contributed by atoms with Crippen molar-refractivity contribution in [3.63, 3.8) is 0 Å². The molecule has 0 spiro atoms. The monoisotopic (exact) mass is 237 g/mol. The van der Waals surface area contributed by atoms with Gasteiger partial charge < -0.3 is 5.11 Å². The molecule has 0 saturated carbocycles. The molecule has 17 heavy (non-hydrogen) atoms. The maximum absolute atomic E-state index is 11.4. The highest BCUT2D eigenvalue weighted by molar-refractivity contribution is 5.81. The van der Waals surface area contributed by atoms with E-state index in [2.05, 4.69) is 0 Å². The minimum atomic E-state index is -1.12. The van der Waals surface area contributed by atoms with Crippen molar-refractivity contribution >= 4 is 11.7 Å². The van der Waals surface area contributed by atoms with Gasteiger partial charge in [0.25, 0.3) is 5.69 Å². The van der Waals surface area contributed by atoms with Crippen molar-refractivity contribution < 1.29 is 14.8 Å². The lowest BCUT2D eigenvalue weighted by atomic mass is 9.73. The first-order valence-electron chi connectivity index (χ1n) is 5.28. The Morgan fingerprint density at radius 2 is 2.06 bits per heavy atom. The van der Waals surface area contributed by atoms with Gasteiger partial charge in [0.2, 0.25) is 0 Å². The normalized spacial score (nSPS) is 14.4. The van der Waals surface area contributed by atoms with Gasteiger partial charge in [-0.25, -0.2) is 0 Å². The van der Waals surface area contributed by atoms with Gasteiger partial charge in [-0.05, 0) is 18.4 Å². The van der Waals surface area contributed by atoms with Crippen molar-refractivity contribution in [2.45, 2.75) is 26.2 Å². The van der Waals surface area contributed by atoms with Gasteiger partial charge in [0.05, 0.1) is 10.3 Å². The molecule has 0 fully saturated rings. The maximum atomic E-state index is 11.4. The first-order valence-corrected chi connectivity index (χ1v) is 5.28. The van der Waals surface area contributed by atoms with Gasteiger partial charge in [0, 0.05) is 12.1 Å². The molecule has 1 aromatic carbocycles. The summed E-state index contributed by atoms with van der Waals surface area (Å²) in [5.41, 5.74) is -0.753. The summed E-state index contributed by atoms with van der Waals surface area (Å²) in [6.45, 7) is 5.15. The Hall–Kier alpha value is -1.91. The first kappa shape index (κ1) is 13.2. The van der Waals surface area contributed by atoms with E-state index in [0.29, 0.717) is 5.56 Å². The van der Waals surface area contributed by atoms with E-state index < -0.39 is 16.3 Å². The summed E-state index contributed by atoms with van der Waals surface area (Å²) in [5.74, 6) is -1.14. The number of carboxylic acid groups (broad SMARTS) is 1. The van der Waals surface area contributed by atoms with E-state index in [1.807, 2.05) is 0 Å². The third kappa shape index (κ3) is 2.27. The summed E-state index contributed by atoms with van der Waals surface area (Å²) in [6.07, 6.45) is 0. The zero-order chi connectivity index (χ0) is 13.2. The Kier molecular flexibility index (Phi) is 3.50.